The number of carbonyl (C=O) groups is 1. The van der Waals surface area contributed by atoms with Gasteiger partial charge in [0.05, 0.1) is 0 Å². The van der Waals surface area contributed by atoms with Crippen LogP contribution in [0.4, 0.5) is 0 Å². The van der Waals surface area contributed by atoms with E-state index in [1.54, 1.807) is 24.3 Å². The summed E-state index contributed by atoms with van der Waals surface area (Å²) in [5.74, 6) is 0.768. The smallest absolute Gasteiger partial charge is 0.344 e. The summed E-state index contributed by atoms with van der Waals surface area (Å²) in [7, 11) is 0. The van der Waals surface area contributed by atoms with Gasteiger partial charge in [0.2, 0.25) is 0 Å². The van der Waals surface area contributed by atoms with Crippen molar-refractivity contribution >= 4 is 17.6 Å². The molecule has 0 aliphatic heterocycles. The first kappa shape index (κ1) is 17.0. The Morgan fingerprint density at radius 1 is 1.16 bits per heavy atom. The average Bonchev–Trinajstić information content (AvgIpc) is 3.09. The minimum Gasteiger partial charge on any atom is -0.482 e. The molecular weight excluding hydrogens is 342 g/mol. The van der Waals surface area contributed by atoms with Crippen LogP contribution in [0, 0.1) is 6.92 Å². The minimum atomic E-state index is -0.473. The average molecular weight is 358 g/mol. The van der Waals surface area contributed by atoms with Crippen molar-refractivity contribution in [2.24, 2.45) is 0 Å². The number of aromatic nitrogens is 1. The first-order chi connectivity index (χ1) is 12.1. The standard InChI is InChI=1S/C19H16ClNO4/c1-13-4-2-3-5-17(13)23-12-19(22)24-11-16-10-18(25-21-16)14-6-8-15(20)9-7-14/h2-10H,11-12H2,1H3. The van der Waals surface area contributed by atoms with Crippen LogP contribution in [-0.4, -0.2) is 17.7 Å². The fourth-order valence-electron chi connectivity index (χ4n) is 2.18. The maximum atomic E-state index is 11.8. The van der Waals surface area contributed by atoms with E-state index in [2.05, 4.69) is 5.16 Å². The fraction of sp³-hybridized carbons (Fsp3) is 0.158. The molecule has 3 rings (SSSR count). The van der Waals surface area contributed by atoms with Gasteiger partial charge in [0, 0.05) is 16.7 Å². The number of rotatable bonds is 6. The normalized spacial score (nSPS) is 10.5. The molecule has 6 heteroatoms. The van der Waals surface area contributed by atoms with Gasteiger partial charge in [-0.2, -0.15) is 0 Å². The van der Waals surface area contributed by atoms with E-state index < -0.39 is 5.97 Å². The molecule has 0 atom stereocenters. The Labute approximate surface area is 150 Å². The molecule has 3 aromatic rings. The van der Waals surface area contributed by atoms with Crippen LogP contribution in [0.25, 0.3) is 11.3 Å². The lowest BCUT2D eigenvalue weighted by molar-refractivity contribution is -0.147. The predicted molar refractivity (Wildman–Crippen MR) is 93.4 cm³/mol. The topological polar surface area (TPSA) is 61.6 Å². The molecule has 0 amide bonds. The van der Waals surface area contributed by atoms with Crippen LogP contribution in [-0.2, 0) is 16.1 Å². The van der Waals surface area contributed by atoms with Gasteiger partial charge < -0.3 is 14.0 Å². The molecule has 0 radical (unpaired) electrons. The molecule has 25 heavy (non-hydrogen) atoms. The Bertz CT molecular complexity index is 858. The molecule has 0 spiro atoms. The van der Waals surface area contributed by atoms with E-state index in [4.69, 9.17) is 25.6 Å². The van der Waals surface area contributed by atoms with Crippen molar-refractivity contribution in [1.29, 1.82) is 0 Å². The van der Waals surface area contributed by atoms with Gasteiger partial charge in [0.15, 0.2) is 12.4 Å². The van der Waals surface area contributed by atoms with Crippen LogP contribution < -0.4 is 4.74 Å². The molecule has 0 N–H and O–H groups in total. The number of para-hydroxylation sites is 1. The van der Waals surface area contributed by atoms with Crippen molar-refractivity contribution in [2.75, 3.05) is 6.61 Å². The van der Waals surface area contributed by atoms with Crippen molar-refractivity contribution in [1.82, 2.24) is 5.16 Å². The monoisotopic (exact) mass is 357 g/mol. The van der Waals surface area contributed by atoms with Crippen molar-refractivity contribution < 1.29 is 18.8 Å². The molecule has 2 aromatic carbocycles. The van der Waals surface area contributed by atoms with Crippen LogP contribution >= 0.6 is 11.6 Å². The van der Waals surface area contributed by atoms with E-state index in [-0.39, 0.29) is 13.2 Å². The number of hydrogen-bond acceptors (Lipinski definition) is 5. The van der Waals surface area contributed by atoms with Gasteiger partial charge in [0.25, 0.3) is 0 Å². The van der Waals surface area contributed by atoms with Crippen LogP contribution in [0.3, 0.4) is 0 Å². The van der Waals surface area contributed by atoms with E-state index in [0.29, 0.717) is 22.2 Å². The van der Waals surface area contributed by atoms with Crippen molar-refractivity contribution in [3.05, 3.63) is 70.9 Å². The lowest BCUT2D eigenvalue weighted by atomic mass is 10.2. The van der Waals surface area contributed by atoms with Crippen molar-refractivity contribution in [3.8, 4) is 17.1 Å². The Kier molecular flexibility index (Phi) is 5.36. The summed E-state index contributed by atoms with van der Waals surface area (Å²) in [6.45, 7) is 1.77. The molecule has 0 aliphatic carbocycles. The molecule has 0 unspecified atom stereocenters. The summed E-state index contributed by atoms with van der Waals surface area (Å²) in [6, 6.07) is 16.4. The number of aryl methyl sites for hydroxylation is 1. The molecule has 1 heterocycles. The van der Waals surface area contributed by atoms with E-state index in [1.807, 2.05) is 37.3 Å². The summed E-state index contributed by atoms with van der Waals surface area (Å²) in [6.07, 6.45) is 0. The number of carbonyl (C=O) groups excluding carboxylic acids is 1. The van der Waals surface area contributed by atoms with Crippen LogP contribution in [0.5, 0.6) is 5.75 Å². The summed E-state index contributed by atoms with van der Waals surface area (Å²) >= 11 is 5.86. The highest BCUT2D eigenvalue weighted by molar-refractivity contribution is 6.30. The molecule has 5 nitrogen and oxygen atoms in total. The van der Waals surface area contributed by atoms with Gasteiger partial charge in [-0.3, -0.25) is 0 Å². The third-order valence-corrected chi connectivity index (χ3v) is 3.76. The van der Waals surface area contributed by atoms with Gasteiger partial charge >= 0.3 is 5.97 Å². The maximum absolute atomic E-state index is 11.8. The van der Waals surface area contributed by atoms with Gasteiger partial charge in [-0.15, -0.1) is 0 Å². The fourth-order valence-corrected chi connectivity index (χ4v) is 2.31. The van der Waals surface area contributed by atoms with Gasteiger partial charge in [0.1, 0.15) is 18.1 Å². The predicted octanol–water partition coefficient (Wildman–Crippen LogP) is 4.43. The molecule has 128 valence electrons. The highest BCUT2D eigenvalue weighted by atomic mass is 35.5. The number of hydrogen-bond donors (Lipinski definition) is 0. The maximum Gasteiger partial charge on any atom is 0.344 e. The third kappa shape index (κ3) is 4.61. The second-order valence-corrected chi connectivity index (χ2v) is 5.84. The number of nitrogens with zero attached hydrogens (tertiary/aromatic N) is 1. The highest BCUT2D eigenvalue weighted by Gasteiger charge is 2.10. The molecular formula is C19H16ClNO4. The second kappa shape index (κ2) is 7.85. The molecule has 0 fully saturated rings. The molecule has 0 saturated carbocycles. The lowest BCUT2D eigenvalue weighted by Crippen LogP contribution is -2.15. The van der Waals surface area contributed by atoms with E-state index in [1.165, 1.54) is 0 Å². The van der Waals surface area contributed by atoms with Crippen molar-refractivity contribution in [3.63, 3.8) is 0 Å². The zero-order valence-electron chi connectivity index (χ0n) is 13.6. The Balaban J connectivity index is 1.51. The minimum absolute atomic E-state index is 0.0209. The van der Waals surface area contributed by atoms with Gasteiger partial charge in [-0.1, -0.05) is 35.0 Å². The largest absolute Gasteiger partial charge is 0.482 e. The SMILES string of the molecule is Cc1ccccc1OCC(=O)OCc1cc(-c2ccc(Cl)cc2)on1. The van der Waals surface area contributed by atoms with Crippen LogP contribution in [0.1, 0.15) is 11.3 Å². The lowest BCUT2D eigenvalue weighted by Gasteiger charge is -2.08. The Morgan fingerprint density at radius 2 is 1.92 bits per heavy atom. The zero-order chi connectivity index (χ0) is 17.6. The number of benzene rings is 2. The van der Waals surface area contributed by atoms with E-state index in [9.17, 15) is 4.79 Å². The summed E-state index contributed by atoms with van der Waals surface area (Å²) in [4.78, 5) is 11.8. The van der Waals surface area contributed by atoms with E-state index in [0.717, 1.165) is 11.1 Å². The second-order valence-electron chi connectivity index (χ2n) is 5.40. The first-order valence-corrected chi connectivity index (χ1v) is 8.05. The van der Waals surface area contributed by atoms with Crippen LogP contribution in [0.2, 0.25) is 5.02 Å². The highest BCUT2D eigenvalue weighted by Crippen LogP contribution is 2.22. The van der Waals surface area contributed by atoms with Crippen LogP contribution in [0.15, 0.2) is 59.1 Å². The summed E-state index contributed by atoms with van der Waals surface area (Å²) < 4.78 is 15.8. The van der Waals surface area contributed by atoms with Gasteiger partial charge in [-0.25, -0.2) is 4.79 Å². The quantitative estimate of drug-likeness (QED) is 0.611. The third-order valence-electron chi connectivity index (χ3n) is 3.51. The first-order valence-electron chi connectivity index (χ1n) is 7.67. The molecule has 1 aromatic heterocycles. The number of ether oxygens (including phenoxy) is 2. The molecule has 0 saturated heterocycles. The van der Waals surface area contributed by atoms with Crippen molar-refractivity contribution in [2.45, 2.75) is 13.5 Å². The number of halogens is 1. The summed E-state index contributed by atoms with van der Waals surface area (Å²) in [5, 5.41) is 4.54. The summed E-state index contributed by atoms with van der Waals surface area (Å²) in [5.41, 5.74) is 2.32. The molecule has 0 aliphatic rings. The number of esters is 1. The Morgan fingerprint density at radius 3 is 2.68 bits per heavy atom. The van der Waals surface area contributed by atoms with Gasteiger partial charge in [-0.05, 0) is 42.8 Å². The zero-order valence-corrected chi connectivity index (χ0v) is 14.3. The Hall–Kier alpha value is -2.79. The van der Waals surface area contributed by atoms with E-state index >= 15 is 0 Å². The molecule has 0 bridgehead atoms.